The first-order valence-corrected chi connectivity index (χ1v) is 7.99. The molecule has 1 aliphatic rings. The molecule has 24 heavy (non-hydrogen) atoms. The van der Waals surface area contributed by atoms with Crippen LogP contribution in [0.3, 0.4) is 0 Å². The van der Waals surface area contributed by atoms with Crippen LogP contribution < -0.4 is 10.9 Å². The van der Waals surface area contributed by atoms with Crippen molar-refractivity contribution in [1.82, 2.24) is 0 Å². The summed E-state index contributed by atoms with van der Waals surface area (Å²) >= 11 is 1.31. The Kier molecular flexibility index (Phi) is 2.98. The van der Waals surface area contributed by atoms with E-state index in [-0.39, 0.29) is 22.8 Å². The predicted molar refractivity (Wildman–Crippen MR) is 90.8 cm³/mol. The smallest absolute Gasteiger partial charge is 0.361 e. The van der Waals surface area contributed by atoms with Crippen LogP contribution in [-0.4, -0.2) is 15.3 Å². The summed E-state index contributed by atoms with van der Waals surface area (Å²) in [5.74, 6) is -0.757. The number of fused-ring (bicyclic) bond motifs is 4. The third kappa shape index (κ3) is 1.94. The first-order valence-electron chi connectivity index (χ1n) is 7.17. The van der Waals surface area contributed by atoms with Crippen molar-refractivity contribution in [3.8, 4) is 17.2 Å². The largest absolute Gasteiger partial charge is 0.506 e. The Morgan fingerprint density at radius 1 is 1.04 bits per heavy atom. The Bertz CT molecular complexity index is 1090. The molecule has 0 saturated heterocycles. The van der Waals surface area contributed by atoms with Crippen LogP contribution in [0.25, 0.3) is 11.0 Å². The zero-order chi connectivity index (χ0) is 17.2. The van der Waals surface area contributed by atoms with Gasteiger partial charge in [0.1, 0.15) is 11.4 Å². The third-order valence-corrected chi connectivity index (χ3v) is 5.13. The number of anilines is 2. The average Bonchev–Trinajstić information content (AvgIpc) is 2.51. The molecule has 4 N–H and O–H groups in total. The summed E-state index contributed by atoms with van der Waals surface area (Å²) in [5, 5.41) is 33.4. The van der Waals surface area contributed by atoms with Crippen LogP contribution in [0.5, 0.6) is 17.2 Å². The molecule has 3 aromatic rings. The lowest BCUT2D eigenvalue weighted by Gasteiger charge is -2.22. The van der Waals surface area contributed by atoms with Crippen LogP contribution in [0.15, 0.2) is 37.2 Å². The van der Waals surface area contributed by atoms with E-state index in [4.69, 9.17) is 4.42 Å². The number of aromatic hydroxyl groups is 3. The standard InChI is InChI=1S/C17H13NO5S/c1-6-3-8(19)12-10(4-6)24-16-11-7(2)5-9(20)14(21)15(11)23-17(22)13(16)18-12/h3-5,18-21H,1-2H3. The number of hydrogen-bond donors (Lipinski definition) is 4. The average molecular weight is 343 g/mol. The minimum atomic E-state index is -0.684. The summed E-state index contributed by atoms with van der Waals surface area (Å²) in [5.41, 5.74) is 1.46. The first kappa shape index (κ1) is 14.8. The van der Waals surface area contributed by atoms with E-state index in [9.17, 15) is 20.1 Å². The predicted octanol–water partition coefficient (Wildman–Crippen LogP) is 3.73. The molecule has 0 radical (unpaired) electrons. The van der Waals surface area contributed by atoms with Crippen LogP contribution in [-0.2, 0) is 0 Å². The number of hydrogen-bond acceptors (Lipinski definition) is 7. The SMILES string of the molecule is Cc1cc(O)c2c(c1)Sc1c(c(=O)oc3c(O)c(O)cc(C)c13)N2. The summed E-state index contributed by atoms with van der Waals surface area (Å²) in [7, 11) is 0. The molecule has 0 saturated carbocycles. The second-order valence-electron chi connectivity index (χ2n) is 5.74. The van der Waals surface area contributed by atoms with Gasteiger partial charge in [0.2, 0.25) is 5.75 Å². The summed E-state index contributed by atoms with van der Waals surface area (Å²) in [4.78, 5) is 13.7. The van der Waals surface area contributed by atoms with E-state index in [2.05, 4.69) is 5.32 Å². The van der Waals surface area contributed by atoms with Crippen LogP contribution in [0.4, 0.5) is 11.4 Å². The van der Waals surface area contributed by atoms with Crippen molar-refractivity contribution < 1.29 is 19.7 Å². The minimum Gasteiger partial charge on any atom is -0.506 e. The van der Waals surface area contributed by atoms with Crippen molar-refractivity contribution in [2.75, 3.05) is 5.32 Å². The molecule has 1 aromatic heterocycles. The molecule has 0 bridgehead atoms. The van der Waals surface area contributed by atoms with Gasteiger partial charge in [-0.1, -0.05) is 11.8 Å². The number of phenolic OH excluding ortho intramolecular Hbond substituents is 3. The zero-order valence-corrected chi connectivity index (χ0v) is 13.6. The lowest BCUT2D eigenvalue weighted by atomic mass is 10.1. The molecule has 4 rings (SSSR count). The maximum atomic E-state index is 12.3. The van der Waals surface area contributed by atoms with Crippen molar-refractivity contribution in [2.24, 2.45) is 0 Å². The van der Waals surface area contributed by atoms with Crippen LogP contribution >= 0.6 is 11.8 Å². The molecule has 2 aromatic carbocycles. The molecular formula is C17H13NO5S. The number of nitrogens with one attached hydrogen (secondary N) is 1. The monoisotopic (exact) mass is 343 g/mol. The molecule has 0 unspecified atom stereocenters. The van der Waals surface area contributed by atoms with Crippen molar-refractivity contribution in [2.45, 2.75) is 23.6 Å². The lowest BCUT2D eigenvalue weighted by molar-refractivity contribution is 0.397. The zero-order valence-electron chi connectivity index (χ0n) is 12.8. The van der Waals surface area contributed by atoms with E-state index in [0.29, 0.717) is 21.5 Å². The van der Waals surface area contributed by atoms with Gasteiger partial charge in [0.15, 0.2) is 11.3 Å². The van der Waals surface area contributed by atoms with E-state index < -0.39 is 11.4 Å². The van der Waals surface area contributed by atoms with Crippen molar-refractivity contribution in [3.63, 3.8) is 0 Å². The maximum absolute atomic E-state index is 12.3. The highest BCUT2D eigenvalue weighted by Crippen LogP contribution is 2.51. The molecular weight excluding hydrogens is 330 g/mol. The molecule has 2 heterocycles. The highest BCUT2D eigenvalue weighted by Gasteiger charge is 2.27. The van der Waals surface area contributed by atoms with Gasteiger partial charge in [-0.2, -0.15) is 0 Å². The van der Waals surface area contributed by atoms with Crippen LogP contribution in [0.1, 0.15) is 11.1 Å². The van der Waals surface area contributed by atoms with Gasteiger partial charge in [0.05, 0.1) is 10.6 Å². The number of benzene rings is 2. The minimum absolute atomic E-state index is 0.0490. The summed E-state index contributed by atoms with van der Waals surface area (Å²) in [6.45, 7) is 3.62. The van der Waals surface area contributed by atoms with Gasteiger partial charge in [0, 0.05) is 10.3 Å². The van der Waals surface area contributed by atoms with Gasteiger partial charge in [-0.15, -0.1) is 0 Å². The fraction of sp³-hybridized carbons (Fsp3) is 0.118. The maximum Gasteiger partial charge on any atom is 0.361 e. The van der Waals surface area contributed by atoms with Crippen LogP contribution in [0, 0.1) is 13.8 Å². The fourth-order valence-electron chi connectivity index (χ4n) is 2.89. The van der Waals surface area contributed by atoms with E-state index in [1.807, 2.05) is 13.0 Å². The van der Waals surface area contributed by atoms with Gasteiger partial charge in [-0.05, 0) is 43.2 Å². The molecule has 0 spiro atoms. The highest BCUT2D eigenvalue weighted by molar-refractivity contribution is 8.00. The number of phenols is 3. The summed E-state index contributed by atoms with van der Waals surface area (Å²) in [6, 6.07) is 4.92. The quantitative estimate of drug-likeness (QED) is 0.285. The number of aryl methyl sites for hydroxylation is 2. The van der Waals surface area contributed by atoms with Crippen LogP contribution in [0.2, 0.25) is 0 Å². The molecule has 6 nitrogen and oxygen atoms in total. The Hall–Kier alpha value is -2.80. The van der Waals surface area contributed by atoms with Gasteiger partial charge >= 0.3 is 5.63 Å². The van der Waals surface area contributed by atoms with Gasteiger partial charge < -0.3 is 25.1 Å². The van der Waals surface area contributed by atoms with Gasteiger partial charge in [0.25, 0.3) is 0 Å². The molecule has 7 heteroatoms. The Balaban J connectivity index is 2.08. The second kappa shape index (κ2) is 4.85. The van der Waals surface area contributed by atoms with E-state index in [1.165, 1.54) is 17.8 Å². The van der Waals surface area contributed by atoms with Crippen molar-refractivity contribution in [1.29, 1.82) is 0 Å². The van der Waals surface area contributed by atoms with E-state index >= 15 is 0 Å². The Labute approximate surface area is 140 Å². The third-order valence-electron chi connectivity index (χ3n) is 3.97. The first-order chi connectivity index (χ1) is 11.4. The summed E-state index contributed by atoms with van der Waals surface area (Å²) in [6.07, 6.45) is 0. The second-order valence-corrected chi connectivity index (χ2v) is 6.80. The van der Waals surface area contributed by atoms with E-state index in [0.717, 1.165) is 10.5 Å². The molecule has 0 amide bonds. The Morgan fingerprint density at radius 3 is 2.54 bits per heavy atom. The normalized spacial score (nSPS) is 12.6. The van der Waals surface area contributed by atoms with Gasteiger partial charge in [-0.3, -0.25) is 0 Å². The van der Waals surface area contributed by atoms with Crippen molar-refractivity contribution in [3.05, 3.63) is 39.7 Å². The van der Waals surface area contributed by atoms with Gasteiger partial charge in [-0.25, -0.2) is 4.79 Å². The molecule has 122 valence electrons. The highest BCUT2D eigenvalue weighted by atomic mass is 32.2. The van der Waals surface area contributed by atoms with Crippen molar-refractivity contribution >= 4 is 34.1 Å². The molecule has 0 fully saturated rings. The molecule has 1 aliphatic heterocycles. The lowest BCUT2D eigenvalue weighted by Crippen LogP contribution is -2.12. The number of rotatable bonds is 0. The summed E-state index contributed by atoms with van der Waals surface area (Å²) < 4.78 is 5.21. The molecule has 0 atom stereocenters. The topological polar surface area (TPSA) is 103 Å². The molecule has 0 aliphatic carbocycles. The van der Waals surface area contributed by atoms with E-state index in [1.54, 1.807) is 13.0 Å². The Morgan fingerprint density at radius 2 is 1.79 bits per heavy atom. The fourth-order valence-corrected chi connectivity index (χ4v) is 4.20.